The van der Waals surface area contributed by atoms with E-state index in [1.54, 1.807) is 0 Å². The lowest BCUT2D eigenvalue weighted by molar-refractivity contribution is 0.483. The highest BCUT2D eigenvalue weighted by Gasteiger charge is 2.37. The average Bonchev–Trinajstić information content (AvgIpc) is 3.35. The first kappa shape index (κ1) is 27.9. The van der Waals surface area contributed by atoms with Crippen molar-refractivity contribution < 1.29 is 4.74 Å². The highest BCUT2D eigenvalue weighted by atomic mass is 28.3. The molecule has 0 saturated heterocycles. The van der Waals surface area contributed by atoms with E-state index in [1.807, 2.05) is 97.1 Å². The molecule has 0 aliphatic carbocycles. The van der Waals surface area contributed by atoms with Crippen LogP contribution in [0.4, 0.5) is 0 Å². The third-order valence-electron chi connectivity index (χ3n) is 8.82. The summed E-state index contributed by atoms with van der Waals surface area (Å²) in [4.78, 5) is 14.5. The quantitative estimate of drug-likeness (QED) is 0.176. The van der Waals surface area contributed by atoms with Crippen molar-refractivity contribution in [1.82, 2.24) is 15.0 Å². The Morgan fingerprint density at radius 2 is 0.826 bits per heavy atom. The largest absolute Gasteiger partial charge is 0.457 e. The summed E-state index contributed by atoms with van der Waals surface area (Å²) in [5.74, 6) is 3.44. The van der Waals surface area contributed by atoms with Gasteiger partial charge in [-0.15, -0.1) is 0 Å². The molecule has 7 aromatic rings. The van der Waals surface area contributed by atoms with Gasteiger partial charge >= 0.3 is 0 Å². The van der Waals surface area contributed by atoms with E-state index >= 15 is 0 Å². The van der Waals surface area contributed by atoms with Crippen molar-refractivity contribution in [3.05, 3.63) is 152 Å². The van der Waals surface area contributed by atoms with Crippen LogP contribution in [0.1, 0.15) is 0 Å². The summed E-state index contributed by atoms with van der Waals surface area (Å²) in [6.07, 6.45) is 0. The number of hydrogen-bond donors (Lipinski definition) is 0. The van der Waals surface area contributed by atoms with Gasteiger partial charge in [0.25, 0.3) is 0 Å². The van der Waals surface area contributed by atoms with E-state index in [-0.39, 0.29) is 0 Å². The van der Waals surface area contributed by atoms with Crippen molar-refractivity contribution in [3.8, 4) is 67.9 Å². The smallest absolute Gasteiger partial charge is 0.164 e. The van der Waals surface area contributed by atoms with Gasteiger partial charge in [0.05, 0.1) is 0 Å². The molecule has 0 amide bonds. The van der Waals surface area contributed by atoms with Gasteiger partial charge < -0.3 is 4.74 Å². The number of hydrogen-bond acceptors (Lipinski definition) is 4. The van der Waals surface area contributed by atoms with Crippen LogP contribution in [0.2, 0.25) is 13.1 Å². The van der Waals surface area contributed by atoms with Crippen LogP contribution < -0.4 is 15.1 Å². The second-order valence-electron chi connectivity index (χ2n) is 12.1. The predicted octanol–water partition coefficient (Wildman–Crippen LogP) is 9.13. The van der Waals surface area contributed by atoms with Crippen molar-refractivity contribution in [1.29, 1.82) is 0 Å². The minimum absolute atomic E-state index is 0.617. The second kappa shape index (κ2) is 11.4. The molecule has 0 unspecified atom stereocenters. The van der Waals surface area contributed by atoms with E-state index in [0.717, 1.165) is 28.2 Å². The van der Waals surface area contributed by atoms with Crippen LogP contribution >= 0.6 is 0 Å². The normalized spacial score (nSPS) is 12.7. The Hall–Kier alpha value is -5.65. The molecule has 0 radical (unpaired) electrons. The van der Waals surface area contributed by atoms with Gasteiger partial charge in [-0.25, -0.2) is 15.0 Å². The van der Waals surface area contributed by atoms with Gasteiger partial charge in [-0.2, -0.15) is 0 Å². The number of benzene rings is 6. The SMILES string of the molecule is C[Si]1(C)c2ccccc2-c2cc(-c3ccc(Oc4ccc(-c5nc(-c6ccccc6)nc(-c6ccccc6)n5)cc4)cc3)ccc21. The number of ether oxygens (including phenoxy) is 1. The Bertz CT molecular complexity index is 2120. The summed E-state index contributed by atoms with van der Waals surface area (Å²) < 4.78 is 6.25. The number of rotatable bonds is 6. The molecule has 0 saturated carbocycles. The maximum atomic E-state index is 6.25. The molecule has 0 bridgehead atoms. The van der Waals surface area contributed by atoms with Gasteiger partial charge in [0.15, 0.2) is 17.5 Å². The summed E-state index contributed by atoms with van der Waals surface area (Å²) in [5, 5.41) is 3.05. The fraction of sp³-hybridized carbons (Fsp3) is 0.0488. The zero-order chi connectivity index (χ0) is 31.1. The summed E-state index contributed by atoms with van der Waals surface area (Å²) in [5.41, 5.74) is 7.96. The molecule has 8 rings (SSSR count). The van der Waals surface area contributed by atoms with E-state index in [9.17, 15) is 0 Å². The Morgan fingerprint density at radius 3 is 1.39 bits per heavy atom. The van der Waals surface area contributed by atoms with Crippen LogP contribution in [0, 0.1) is 0 Å². The highest BCUT2D eigenvalue weighted by Crippen LogP contribution is 2.33. The molecule has 1 aliphatic rings. The van der Waals surface area contributed by atoms with Crippen LogP contribution in [0.3, 0.4) is 0 Å². The molecular formula is C41H31N3OSi. The summed E-state index contributed by atoms with van der Waals surface area (Å²) in [7, 11) is -1.65. The molecular weight excluding hydrogens is 579 g/mol. The first-order chi connectivity index (χ1) is 22.5. The molecule has 1 aromatic heterocycles. The van der Waals surface area contributed by atoms with E-state index in [2.05, 4.69) is 67.7 Å². The van der Waals surface area contributed by atoms with Gasteiger partial charge in [-0.3, -0.25) is 0 Å². The third kappa shape index (κ3) is 5.11. The molecule has 220 valence electrons. The predicted molar refractivity (Wildman–Crippen MR) is 190 cm³/mol. The van der Waals surface area contributed by atoms with Gasteiger partial charge in [0.1, 0.15) is 19.6 Å². The lowest BCUT2D eigenvalue weighted by Gasteiger charge is -2.18. The van der Waals surface area contributed by atoms with Gasteiger partial charge in [0, 0.05) is 16.7 Å². The summed E-state index contributed by atoms with van der Waals surface area (Å²) in [6, 6.07) is 52.1. The van der Waals surface area contributed by atoms with Crippen molar-refractivity contribution in [3.63, 3.8) is 0 Å². The van der Waals surface area contributed by atoms with Crippen molar-refractivity contribution >= 4 is 18.4 Å². The van der Waals surface area contributed by atoms with Gasteiger partial charge in [-0.05, 0) is 75.1 Å². The van der Waals surface area contributed by atoms with Gasteiger partial charge in [0.2, 0.25) is 0 Å². The fourth-order valence-corrected chi connectivity index (χ4v) is 9.44. The Balaban J connectivity index is 1.04. The Kier molecular flexibility index (Phi) is 6.89. The van der Waals surface area contributed by atoms with Gasteiger partial charge in [-0.1, -0.05) is 122 Å². The van der Waals surface area contributed by atoms with Crippen LogP contribution in [-0.2, 0) is 0 Å². The minimum atomic E-state index is -1.65. The standard InChI is InChI=1S/C41H31N3OSi/c1-46(2)37-16-10-9-15-35(37)36-27-32(21-26-38(36)46)28-17-22-33(23-18-28)45-34-24-19-31(20-25-34)41-43-39(29-11-5-3-6-12-29)42-40(44-41)30-13-7-4-8-14-30/h3-27H,1-2H3. The second-order valence-corrected chi connectivity index (χ2v) is 16.4. The lowest BCUT2D eigenvalue weighted by Crippen LogP contribution is -2.49. The van der Waals surface area contributed by atoms with E-state index in [0.29, 0.717) is 17.5 Å². The molecule has 0 spiro atoms. The number of nitrogens with zero attached hydrogens (tertiary/aromatic N) is 3. The lowest BCUT2D eigenvalue weighted by atomic mass is 9.99. The fourth-order valence-electron chi connectivity index (χ4n) is 6.36. The molecule has 6 aromatic carbocycles. The van der Waals surface area contributed by atoms with Crippen LogP contribution in [-0.4, -0.2) is 23.0 Å². The van der Waals surface area contributed by atoms with E-state index < -0.39 is 8.07 Å². The zero-order valence-corrected chi connectivity index (χ0v) is 26.7. The first-order valence-electron chi connectivity index (χ1n) is 15.5. The molecule has 4 nitrogen and oxygen atoms in total. The Morgan fingerprint density at radius 1 is 0.391 bits per heavy atom. The number of aromatic nitrogens is 3. The maximum Gasteiger partial charge on any atom is 0.164 e. The molecule has 5 heteroatoms. The van der Waals surface area contributed by atoms with Crippen molar-refractivity contribution in [2.75, 3.05) is 0 Å². The van der Waals surface area contributed by atoms with Crippen LogP contribution in [0.25, 0.3) is 56.4 Å². The van der Waals surface area contributed by atoms with Crippen molar-refractivity contribution in [2.45, 2.75) is 13.1 Å². The first-order valence-corrected chi connectivity index (χ1v) is 18.5. The van der Waals surface area contributed by atoms with Crippen LogP contribution in [0.15, 0.2) is 152 Å². The maximum absolute atomic E-state index is 6.25. The molecule has 0 N–H and O–H groups in total. The minimum Gasteiger partial charge on any atom is -0.457 e. The molecule has 2 heterocycles. The zero-order valence-electron chi connectivity index (χ0n) is 25.7. The van der Waals surface area contributed by atoms with E-state index in [1.165, 1.54) is 32.6 Å². The van der Waals surface area contributed by atoms with E-state index in [4.69, 9.17) is 19.7 Å². The molecule has 46 heavy (non-hydrogen) atoms. The highest BCUT2D eigenvalue weighted by molar-refractivity contribution is 7.03. The third-order valence-corrected chi connectivity index (χ3v) is 12.4. The molecule has 0 fully saturated rings. The Labute approximate surface area is 270 Å². The van der Waals surface area contributed by atoms with Crippen LogP contribution in [0.5, 0.6) is 11.5 Å². The summed E-state index contributed by atoms with van der Waals surface area (Å²) >= 11 is 0. The average molecular weight is 610 g/mol. The molecule has 1 aliphatic heterocycles. The van der Waals surface area contributed by atoms with Crippen molar-refractivity contribution in [2.24, 2.45) is 0 Å². The monoisotopic (exact) mass is 609 g/mol. The summed E-state index contributed by atoms with van der Waals surface area (Å²) in [6.45, 7) is 4.90. The number of fused-ring (bicyclic) bond motifs is 3. The molecule has 0 atom stereocenters. The topological polar surface area (TPSA) is 47.9 Å².